The Morgan fingerprint density at radius 1 is 0.329 bits per heavy atom. The van der Waals surface area contributed by atoms with Gasteiger partial charge in [-0.1, -0.05) is 255 Å². The maximum atomic E-state index is 6.67. The van der Waals surface area contributed by atoms with E-state index in [2.05, 4.69) is 205 Å². The van der Waals surface area contributed by atoms with Crippen LogP contribution in [0.3, 0.4) is 0 Å². The van der Waals surface area contributed by atoms with Gasteiger partial charge < -0.3 is 5.73 Å². The van der Waals surface area contributed by atoms with Crippen molar-refractivity contribution in [3.8, 4) is 107 Å². The first-order valence-corrected chi connectivity index (χ1v) is 28.4. The van der Waals surface area contributed by atoms with E-state index in [-0.39, 0.29) is 0 Å². The average Bonchev–Trinajstić information content (AvgIpc) is 1.73. The Labute approximate surface area is 493 Å². The second-order valence-electron chi connectivity index (χ2n) is 20.9. The number of allylic oxidation sites excluding steroid dienone is 3. The summed E-state index contributed by atoms with van der Waals surface area (Å²) in [6, 6.07) is 98.7. The molecular weight excluding hydrogens is 1040 g/mol. The summed E-state index contributed by atoms with van der Waals surface area (Å²) in [5.74, 6) is 3.46. The largest absolute Gasteiger partial charge is 0.398 e. The third kappa shape index (κ3) is 10.8. The van der Waals surface area contributed by atoms with Gasteiger partial charge >= 0.3 is 0 Å². The van der Waals surface area contributed by atoms with Crippen LogP contribution < -0.4 is 5.73 Å². The van der Waals surface area contributed by atoms with E-state index in [0.29, 0.717) is 47.2 Å². The predicted molar refractivity (Wildman–Crippen MR) is 348 cm³/mol. The Balaban J connectivity index is 0.875. The maximum absolute atomic E-state index is 6.67. The normalized spacial score (nSPS) is 11.6. The van der Waals surface area contributed by atoms with Gasteiger partial charge in [0.25, 0.3) is 0 Å². The molecule has 0 fully saturated rings. The molecule has 0 atom stereocenters. The van der Waals surface area contributed by atoms with Crippen molar-refractivity contribution in [3.63, 3.8) is 0 Å². The Morgan fingerprint density at radius 2 is 0.741 bits per heavy atom. The van der Waals surface area contributed by atoms with Gasteiger partial charge in [0.1, 0.15) is 5.82 Å². The SMILES string of the molecule is N/C(=C\C=C/Cc1nc(-c2ccccc2)nc(-c2cccc(-c3cccc4c3c3cc(-c5ccccc5)ccc3n4-c3nc(-c4ccccc4)nc(-c4cccc(-c5cccc(-c6ccccc6)c5)c4)n3)c2)n1)c1cccc(-c2ccccc2)c1. The molecule has 3 aromatic heterocycles. The Morgan fingerprint density at radius 3 is 1.32 bits per heavy atom. The van der Waals surface area contributed by atoms with E-state index in [0.717, 1.165) is 99.7 Å². The zero-order valence-corrected chi connectivity index (χ0v) is 46.3. The van der Waals surface area contributed by atoms with E-state index < -0.39 is 0 Å². The van der Waals surface area contributed by atoms with Gasteiger partial charge in [-0.15, -0.1) is 0 Å². The van der Waals surface area contributed by atoms with Gasteiger partial charge in [0.05, 0.1) is 11.0 Å². The maximum Gasteiger partial charge on any atom is 0.238 e. The van der Waals surface area contributed by atoms with Gasteiger partial charge in [-0.3, -0.25) is 4.57 Å². The van der Waals surface area contributed by atoms with Gasteiger partial charge in [0, 0.05) is 45.1 Å². The van der Waals surface area contributed by atoms with Crippen LogP contribution in [0.1, 0.15) is 11.4 Å². The molecule has 0 spiro atoms. The lowest BCUT2D eigenvalue weighted by Crippen LogP contribution is -2.06. The predicted octanol–water partition coefficient (Wildman–Crippen LogP) is 18.3. The summed E-state index contributed by atoms with van der Waals surface area (Å²) in [5.41, 5.74) is 24.7. The van der Waals surface area contributed by atoms with Gasteiger partial charge in [0.2, 0.25) is 5.95 Å². The van der Waals surface area contributed by atoms with Crippen molar-refractivity contribution in [2.24, 2.45) is 5.73 Å². The van der Waals surface area contributed by atoms with E-state index in [1.807, 2.05) is 103 Å². The second kappa shape index (κ2) is 23.2. The molecule has 2 N–H and O–H groups in total. The number of fused-ring (bicyclic) bond motifs is 3. The summed E-state index contributed by atoms with van der Waals surface area (Å²) in [4.78, 5) is 31.3. The van der Waals surface area contributed by atoms with Crippen molar-refractivity contribution in [3.05, 3.63) is 315 Å². The molecule has 0 amide bonds. The number of nitrogens with two attached hydrogens (primary N) is 1. The smallest absolute Gasteiger partial charge is 0.238 e. The van der Waals surface area contributed by atoms with E-state index >= 15 is 0 Å². The van der Waals surface area contributed by atoms with Crippen LogP contribution in [0.5, 0.6) is 0 Å². The van der Waals surface area contributed by atoms with Crippen LogP contribution in [0, 0.1) is 0 Å². The quantitative estimate of drug-likeness (QED) is 0.108. The highest BCUT2D eigenvalue weighted by molar-refractivity contribution is 6.16. The Kier molecular flexibility index (Phi) is 14.1. The highest BCUT2D eigenvalue weighted by Gasteiger charge is 2.22. The van der Waals surface area contributed by atoms with E-state index in [1.54, 1.807) is 0 Å². The number of benzene rings is 11. The van der Waals surface area contributed by atoms with Gasteiger partial charge in [-0.2, -0.15) is 9.97 Å². The molecule has 0 aliphatic carbocycles. The third-order valence-corrected chi connectivity index (χ3v) is 15.3. The fourth-order valence-electron chi connectivity index (χ4n) is 11.1. The number of rotatable bonds is 14. The monoisotopic (exact) mass is 1090 g/mol. The fourth-order valence-corrected chi connectivity index (χ4v) is 11.1. The summed E-state index contributed by atoms with van der Waals surface area (Å²) in [6.07, 6.45) is 6.41. The molecule has 402 valence electrons. The van der Waals surface area contributed by atoms with Gasteiger partial charge in [-0.05, 0) is 110 Å². The zero-order valence-electron chi connectivity index (χ0n) is 46.3. The van der Waals surface area contributed by atoms with Gasteiger partial charge in [0.15, 0.2) is 23.3 Å². The number of hydrogen-bond donors (Lipinski definition) is 1. The molecule has 0 aliphatic rings. The minimum atomic E-state index is 0.463. The van der Waals surface area contributed by atoms with Crippen molar-refractivity contribution in [2.45, 2.75) is 6.42 Å². The highest BCUT2D eigenvalue weighted by Crippen LogP contribution is 2.41. The lowest BCUT2D eigenvalue weighted by molar-refractivity contribution is 0.947. The summed E-state index contributed by atoms with van der Waals surface area (Å²) in [5, 5.41) is 2.11. The highest BCUT2D eigenvalue weighted by atomic mass is 15.2. The lowest BCUT2D eigenvalue weighted by atomic mass is 9.96. The average molecular weight is 1090 g/mol. The molecule has 85 heavy (non-hydrogen) atoms. The number of hydrogen-bond acceptors (Lipinski definition) is 7. The molecule has 8 heteroatoms. The molecule has 0 bridgehead atoms. The fraction of sp³-hybridized carbons (Fsp3) is 0.0130. The van der Waals surface area contributed by atoms with Crippen LogP contribution in [-0.2, 0) is 6.42 Å². The second-order valence-corrected chi connectivity index (χ2v) is 20.9. The molecule has 8 nitrogen and oxygen atoms in total. The van der Waals surface area contributed by atoms with Crippen LogP contribution in [0.2, 0.25) is 0 Å². The molecule has 0 saturated carbocycles. The number of aromatic nitrogens is 7. The van der Waals surface area contributed by atoms with Crippen LogP contribution >= 0.6 is 0 Å². The van der Waals surface area contributed by atoms with Crippen molar-refractivity contribution < 1.29 is 0 Å². The summed E-state index contributed by atoms with van der Waals surface area (Å²) >= 11 is 0. The third-order valence-electron chi connectivity index (χ3n) is 15.3. The van der Waals surface area contributed by atoms with Crippen LogP contribution in [0.15, 0.2) is 303 Å². The standard InChI is InChI=1S/C77H54N8/c78-68(63-38-19-34-58(48-63)53-25-8-2-9-26-53)42-16-17-44-71-79-73(55-29-12-4-13-30-55)81-75(80-71)65-40-21-37-62(50-65)66-41-22-43-70-72(66)67-51-61(54-27-10-3-11-28-54)45-46-69(67)85(70)77-83-74(56-31-14-5-15-32-56)82-76(84-77)64-39-20-36-60(49-64)59-35-18-33-57(47-59)52-23-6-1-7-24-52/h1-43,45-51H,44,78H2/b17-16-,68-42-. The van der Waals surface area contributed by atoms with Crippen LogP contribution in [0.4, 0.5) is 0 Å². The van der Waals surface area contributed by atoms with Gasteiger partial charge in [-0.25, -0.2) is 19.9 Å². The van der Waals surface area contributed by atoms with Crippen molar-refractivity contribution in [1.29, 1.82) is 0 Å². The summed E-state index contributed by atoms with van der Waals surface area (Å²) in [6.45, 7) is 0. The molecular formula is C77H54N8. The first kappa shape index (κ1) is 51.7. The Hall–Kier alpha value is -11.5. The summed E-state index contributed by atoms with van der Waals surface area (Å²) < 4.78 is 2.19. The zero-order chi connectivity index (χ0) is 56.9. The minimum absolute atomic E-state index is 0.463. The van der Waals surface area contributed by atoms with Crippen LogP contribution in [0.25, 0.3) is 135 Å². The minimum Gasteiger partial charge on any atom is -0.398 e. The first-order valence-electron chi connectivity index (χ1n) is 28.4. The van der Waals surface area contributed by atoms with Crippen LogP contribution in [-0.4, -0.2) is 34.5 Å². The van der Waals surface area contributed by atoms with E-state index in [1.165, 1.54) is 5.56 Å². The molecule has 14 aromatic rings. The van der Waals surface area contributed by atoms with E-state index in [9.17, 15) is 0 Å². The van der Waals surface area contributed by atoms with E-state index in [4.69, 9.17) is 35.6 Å². The lowest BCUT2D eigenvalue weighted by Gasteiger charge is -2.12. The number of nitrogens with zero attached hydrogens (tertiary/aromatic N) is 7. The first-order chi connectivity index (χ1) is 42.0. The molecule has 0 radical (unpaired) electrons. The molecule has 0 saturated heterocycles. The Bertz CT molecular complexity index is 4790. The summed E-state index contributed by atoms with van der Waals surface area (Å²) in [7, 11) is 0. The molecule has 0 unspecified atom stereocenters. The van der Waals surface area contributed by atoms with Crippen molar-refractivity contribution >= 4 is 27.5 Å². The molecule has 3 heterocycles. The molecule has 14 rings (SSSR count). The molecule has 11 aromatic carbocycles. The molecule has 0 aliphatic heterocycles. The van der Waals surface area contributed by atoms with Crippen molar-refractivity contribution in [1.82, 2.24) is 34.5 Å². The topological polar surface area (TPSA) is 108 Å². The van der Waals surface area contributed by atoms with Crippen molar-refractivity contribution in [2.75, 3.05) is 0 Å².